The van der Waals surface area contributed by atoms with Crippen LogP contribution in [0.15, 0.2) is 149 Å². The number of anilines is 4. The summed E-state index contributed by atoms with van der Waals surface area (Å²) in [4.78, 5) is 24.7. The second kappa shape index (κ2) is 16.0. The number of hydrogen-bond acceptors (Lipinski definition) is 16. The summed E-state index contributed by atoms with van der Waals surface area (Å²) in [6, 6.07) is 24.0. The first-order chi connectivity index (χ1) is 28.6. The number of aliphatic imine (C=N–C) groups is 1. The number of nitrogens with zero attached hydrogens (tertiary/aromatic N) is 5. The van der Waals surface area contributed by atoms with Gasteiger partial charge in [-0.1, -0.05) is 42.5 Å². The predicted molar refractivity (Wildman–Crippen MR) is 221 cm³/mol. The fourth-order valence-corrected chi connectivity index (χ4v) is 9.18. The predicted octanol–water partition coefficient (Wildman–Crippen LogP) is 6.11. The van der Waals surface area contributed by atoms with Crippen molar-refractivity contribution in [3.63, 3.8) is 0 Å². The highest BCUT2D eigenvalue weighted by Crippen LogP contribution is 2.36. The third kappa shape index (κ3) is 9.48. The second-order valence-corrected chi connectivity index (χ2v) is 18.1. The molecule has 21 nitrogen and oxygen atoms in total. The lowest BCUT2D eigenvalue weighted by molar-refractivity contribution is 0.481. The van der Waals surface area contributed by atoms with Gasteiger partial charge in [0.25, 0.3) is 40.5 Å². The van der Waals surface area contributed by atoms with Crippen LogP contribution < -0.4 is 16.3 Å². The largest absolute Gasteiger partial charge is 0.351 e. The highest BCUT2D eigenvalue weighted by molar-refractivity contribution is 7.87. The molecule has 0 fully saturated rings. The van der Waals surface area contributed by atoms with Crippen LogP contribution in [0.1, 0.15) is 5.56 Å². The summed E-state index contributed by atoms with van der Waals surface area (Å²) in [6.07, 6.45) is 1.15. The van der Waals surface area contributed by atoms with Crippen molar-refractivity contribution in [1.29, 1.82) is 0 Å². The van der Waals surface area contributed by atoms with Crippen LogP contribution in [0, 0.1) is 0 Å². The lowest BCUT2D eigenvalue weighted by Gasteiger charge is -2.10. The van der Waals surface area contributed by atoms with E-state index >= 15 is 0 Å². The van der Waals surface area contributed by atoms with Crippen LogP contribution in [0.25, 0.3) is 21.5 Å². The summed E-state index contributed by atoms with van der Waals surface area (Å²) >= 11 is 0. The second-order valence-electron chi connectivity index (χ2n) is 12.6. The molecule has 0 aliphatic carbocycles. The zero-order valence-electron chi connectivity index (χ0n) is 30.3. The Balaban J connectivity index is 1.06. The first kappa shape index (κ1) is 42.3. The van der Waals surface area contributed by atoms with Gasteiger partial charge in [0.1, 0.15) is 25.3 Å². The minimum Gasteiger partial charge on any atom is -0.326 e. The van der Waals surface area contributed by atoms with Gasteiger partial charge in [0.15, 0.2) is 0 Å². The average molecular weight is 907 g/mol. The number of fused-ring (bicyclic) bond motifs is 2. The Labute approximate surface area is 344 Å². The Morgan fingerprint density at radius 1 is 0.525 bits per heavy atom. The fraction of sp³-hybridized carbons (Fsp3) is 0. The topological polar surface area (TPSA) is 337 Å². The van der Waals surface area contributed by atoms with Crippen molar-refractivity contribution in [2.24, 2.45) is 15.2 Å². The molecule has 6 aromatic carbocycles. The molecule has 0 radical (unpaired) electrons. The number of H-pyrrole nitrogens is 1. The van der Waals surface area contributed by atoms with Crippen LogP contribution in [-0.4, -0.2) is 73.0 Å². The summed E-state index contributed by atoms with van der Waals surface area (Å²) in [7, 11) is -19.3. The van der Waals surface area contributed by atoms with E-state index in [4.69, 9.17) is 0 Å². The monoisotopic (exact) mass is 906 g/mol. The minimum absolute atomic E-state index is 0.0175. The van der Waals surface area contributed by atoms with Gasteiger partial charge in [-0.05, 0) is 66.7 Å². The number of hydrogen-bond donors (Lipinski definition) is 7. The van der Waals surface area contributed by atoms with Crippen LogP contribution >= 0.6 is 0 Å². The van der Waals surface area contributed by atoms with Crippen LogP contribution in [0.5, 0.6) is 0 Å². The maximum Gasteiger partial charge on any atom is 0.351 e. The molecule has 7 aromatic rings. The average Bonchev–Trinajstić information content (AvgIpc) is 3.17. The lowest BCUT2D eigenvalue weighted by atomic mass is 10.1. The third-order valence-corrected chi connectivity index (χ3v) is 12.3. The molecule has 0 aliphatic heterocycles. The SMILES string of the molecule is O=c1nc(Nc2ccc(N=Nc3ccc4c(S(=O)(=O)O)cccc4c3S(=O)(=O)O)cc2)nc(Nc2ccc(N=Cc3ccc4c(S(=O)(=O)O)cccc4c3S(=O)(=O)O)cc2)[nH]1. The number of benzene rings is 6. The molecule has 0 atom stereocenters. The minimum atomic E-state index is -4.96. The van der Waals surface area contributed by atoms with Crippen molar-refractivity contribution in [3.8, 4) is 0 Å². The first-order valence-electron chi connectivity index (χ1n) is 16.8. The van der Waals surface area contributed by atoms with E-state index in [9.17, 15) is 56.7 Å². The Kier molecular flexibility index (Phi) is 11.1. The van der Waals surface area contributed by atoms with Gasteiger partial charge in [-0.25, -0.2) is 4.79 Å². The maximum atomic E-state index is 12.4. The molecule has 0 saturated carbocycles. The molecule has 7 N–H and O–H groups in total. The van der Waals surface area contributed by atoms with Gasteiger partial charge in [-0.2, -0.15) is 48.8 Å². The van der Waals surface area contributed by atoms with E-state index in [1.807, 2.05) is 0 Å². The third-order valence-electron chi connectivity index (χ3n) is 8.56. The van der Waals surface area contributed by atoms with Crippen LogP contribution in [-0.2, 0) is 40.5 Å². The Hall–Kier alpha value is -6.84. The molecule has 61 heavy (non-hydrogen) atoms. The molecular weight excluding hydrogens is 881 g/mol. The van der Waals surface area contributed by atoms with E-state index in [-0.39, 0.29) is 50.4 Å². The summed E-state index contributed by atoms with van der Waals surface area (Å²) in [5.74, 6) is -0.134. The molecule has 0 aliphatic rings. The van der Waals surface area contributed by atoms with Crippen molar-refractivity contribution in [2.75, 3.05) is 10.6 Å². The molecule has 0 spiro atoms. The maximum absolute atomic E-state index is 12.4. The van der Waals surface area contributed by atoms with Crippen LogP contribution in [0.3, 0.4) is 0 Å². The van der Waals surface area contributed by atoms with Gasteiger partial charge in [0.05, 0.1) is 11.4 Å². The highest BCUT2D eigenvalue weighted by Gasteiger charge is 2.25. The Bertz CT molecular complexity index is 3260. The lowest BCUT2D eigenvalue weighted by Crippen LogP contribution is -2.16. The molecule has 1 heterocycles. The van der Waals surface area contributed by atoms with Crippen LogP contribution in [0.2, 0.25) is 0 Å². The molecule has 0 saturated heterocycles. The first-order valence-corrected chi connectivity index (χ1v) is 22.6. The summed E-state index contributed by atoms with van der Waals surface area (Å²) < 4.78 is 136. The van der Waals surface area contributed by atoms with Crippen molar-refractivity contribution < 1.29 is 51.9 Å². The number of aromatic nitrogens is 3. The van der Waals surface area contributed by atoms with Crippen molar-refractivity contribution >= 4 is 109 Å². The van der Waals surface area contributed by atoms with Gasteiger partial charge in [0, 0.05) is 44.7 Å². The number of rotatable bonds is 12. The van der Waals surface area contributed by atoms with Gasteiger partial charge >= 0.3 is 5.69 Å². The van der Waals surface area contributed by atoms with E-state index in [1.54, 1.807) is 12.1 Å². The molecule has 1 aromatic heterocycles. The van der Waals surface area contributed by atoms with E-state index < -0.39 is 65.7 Å². The Morgan fingerprint density at radius 3 is 1.61 bits per heavy atom. The number of nitrogens with one attached hydrogen (secondary N) is 3. The van der Waals surface area contributed by atoms with Crippen molar-refractivity contribution in [1.82, 2.24) is 15.0 Å². The number of azo groups is 1. The van der Waals surface area contributed by atoms with Gasteiger partial charge in [-0.15, -0.1) is 5.11 Å². The van der Waals surface area contributed by atoms with Crippen LogP contribution in [0.4, 0.5) is 40.3 Å². The number of aromatic amines is 1. The van der Waals surface area contributed by atoms with E-state index in [1.165, 1.54) is 78.9 Å². The zero-order chi connectivity index (χ0) is 43.9. The van der Waals surface area contributed by atoms with Crippen molar-refractivity contribution in [3.05, 3.63) is 125 Å². The van der Waals surface area contributed by atoms with Crippen molar-refractivity contribution in [2.45, 2.75) is 19.6 Å². The molecule has 312 valence electrons. The van der Waals surface area contributed by atoms with E-state index in [0.29, 0.717) is 17.1 Å². The normalized spacial score (nSPS) is 12.7. The quantitative estimate of drug-likeness (QED) is 0.0413. The summed E-state index contributed by atoms with van der Waals surface area (Å²) in [6.45, 7) is 0. The summed E-state index contributed by atoms with van der Waals surface area (Å²) in [5, 5.41) is 13.0. The summed E-state index contributed by atoms with van der Waals surface area (Å²) in [5.41, 5.74) is 0.200. The highest BCUT2D eigenvalue weighted by atomic mass is 32.2. The fourth-order valence-electron chi connectivity index (χ4n) is 6.06. The standard InChI is InChI=1S/C36H26N8O13S4/c45-36-41-34(38-22-10-8-21(9-11-22)37-19-20-7-16-25-27(32(20)60(52,53)54)3-1-5-30(25)58(46,47)48)40-35(42-36)39-23-12-14-24(15-13-23)43-44-29-18-17-26-28(33(29)61(55,56)57)4-2-6-31(26)59(49,50)51/h1-19H,(H,46,47,48)(H,49,50,51)(H,52,53,54)(H,55,56,57)(H3,38,39,40,41,42,45). The molecule has 7 rings (SSSR count). The van der Waals surface area contributed by atoms with Gasteiger partial charge in [0.2, 0.25) is 11.9 Å². The molecule has 0 bridgehead atoms. The molecule has 25 heteroatoms. The van der Waals surface area contributed by atoms with Gasteiger partial charge < -0.3 is 10.6 Å². The van der Waals surface area contributed by atoms with E-state index in [2.05, 4.69) is 40.8 Å². The smallest absolute Gasteiger partial charge is 0.326 e. The molecule has 0 amide bonds. The van der Waals surface area contributed by atoms with Gasteiger partial charge in [-0.3, -0.25) is 28.2 Å². The molecular formula is C36H26N8O13S4. The Morgan fingerprint density at radius 2 is 1.05 bits per heavy atom. The zero-order valence-corrected chi connectivity index (χ0v) is 33.6. The molecule has 0 unspecified atom stereocenters. The van der Waals surface area contributed by atoms with E-state index in [0.717, 1.165) is 24.4 Å².